The van der Waals surface area contributed by atoms with Crippen molar-refractivity contribution in [1.29, 1.82) is 0 Å². The average molecular weight is 480 g/mol. The fourth-order valence-corrected chi connectivity index (χ4v) is 4.59. The second-order valence-electron chi connectivity index (χ2n) is 6.48. The predicted octanol–water partition coefficient (Wildman–Crippen LogP) is 5.03. The smallest absolute Gasteiger partial charge is 0.256 e. The summed E-state index contributed by atoms with van der Waals surface area (Å²) < 4.78 is 8.02. The van der Waals surface area contributed by atoms with Gasteiger partial charge in [-0.05, 0) is 41.1 Å². The summed E-state index contributed by atoms with van der Waals surface area (Å²) >= 11 is 4.96. The van der Waals surface area contributed by atoms with Gasteiger partial charge in [-0.15, -0.1) is 10.2 Å². The Hall–Kier alpha value is -3.30. The molecule has 0 atom stereocenters. The van der Waals surface area contributed by atoms with E-state index in [1.54, 1.807) is 18.0 Å². The van der Waals surface area contributed by atoms with Crippen LogP contribution < -0.4 is 10.1 Å². The molecule has 2 aromatic heterocycles. The van der Waals surface area contributed by atoms with E-state index in [9.17, 15) is 4.79 Å². The first-order valence-electron chi connectivity index (χ1n) is 8.98. The summed E-state index contributed by atoms with van der Waals surface area (Å²) in [5.74, 6) is 0.351. The third-order valence-electron chi connectivity index (χ3n) is 4.69. The number of aromatic nitrogens is 4. The second kappa shape index (κ2) is 7.51. The normalized spacial score (nSPS) is 11.1. The largest absolute Gasteiger partial charge is 0.495 e. The number of nitrogens with one attached hydrogen (secondary N) is 1. The minimum Gasteiger partial charge on any atom is -0.495 e. The predicted molar refractivity (Wildman–Crippen MR) is 120 cm³/mol. The van der Waals surface area contributed by atoms with Crippen LogP contribution >= 0.6 is 27.3 Å². The molecule has 2 heterocycles. The Labute approximate surface area is 183 Å². The Kier molecular flexibility index (Phi) is 4.68. The van der Waals surface area contributed by atoms with E-state index in [1.165, 1.54) is 11.3 Å². The van der Waals surface area contributed by atoms with Crippen LogP contribution in [0.15, 0.2) is 65.4 Å². The van der Waals surface area contributed by atoms with E-state index in [0.29, 0.717) is 22.0 Å². The number of fused-ring (bicyclic) bond motifs is 2. The van der Waals surface area contributed by atoms with Gasteiger partial charge < -0.3 is 10.1 Å². The van der Waals surface area contributed by atoms with E-state index in [0.717, 1.165) is 25.8 Å². The van der Waals surface area contributed by atoms with Gasteiger partial charge in [0.05, 0.1) is 12.8 Å². The molecule has 30 heavy (non-hydrogen) atoms. The first-order valence-corrected chi connectivity index (χ1v) is 10.6. The van der Waals surface area contributed by atoms with E-state index in [1.807, 2.05) is 54.6 Å². The van der Waals surface area contributed by atoms with Gasteiger partial charge in [0, 0.05) is 15.6 Å². The van der Waals surface area contributed by atoms with Crippen LogP contribution in [0.5, 0.6) is 5.75 Å². The number of hydrogen-bond donors (Lipinski definition) is 1. The number of rotatable bonds is 4. The van der Waals surface area contributed by atoms with Gasteiger partial charge in [0.15, 0.2) is 0 Å². The molecule has 0 aliphatic heterocycles. The molecule has 1 N–H and O–H groups in total. The fraction of sp³-hybridized carbons (Fsp3) is 0.0476. The van der Waals surface area contributed by atoms with Crippen molar-refractivity contribution in [3.8, 4) is 16.3 Å². The van der Waals surface area contributed by atoms with Gasteiger partial charge in [-0.2, -0.15) is 9.61 Å². The van der Waals surface area contributed by atoms with Crippen LogP contribution in [0.1, 0.15) is 10.4 Å². The number of halogens is 1. The van der Waals surface area contributed by atoms with Crippen molar-refractivity contribution in [2.24, 2.45) is 0 Å². The zero-order valence-corrected chi connectivity index (χ0v) is 18.1. The van der Waals surface area contributed by atoms with Crippen molar-refractivity contribution in [1.82, 2.24) is 19.8 Å². The number of amides is 1. The van der Waals surface area contributed by atoms with Crippen LogP contribution in [-0.4, -0.2) is 32.8 Å². The number of carbonyl (C=O) groups excluding carboxylic acids is 1. The van der Waals surface area contributed by atoms with E-state index in [4.69, 9.17) is 4.74 Å². The Morgan fingerprint density at radius 3 is 2.80 bits per heavy atom. The summed E-state index contributed by atoms with van der Waals surface area (Å²) in [7, 11) is 1.57. The number of nitrogens with zero attached hydrogens (tertiary/aromatic N) is 4. The Morgan fingerprint density at radius 1 is 1.13 bits per heavy atom. The molecule has 0 aliphatic carbocycles. The average Bonchev–Trinajstić information content (AvgIpc) is 3.36. The molecule has 0 fully saturated rings. The van der Waals surface area contributed by atoms with Crippen LogP contribution in [0, 0.1) is 0 Å². The molecule has 0 aliphatic rings. The third-order valence-corrected chi connectivity index (χ3v) is 6.35. The summed E-state index contributed by atoms with van der Waals surface area (Å²) in [4.78, 5) is 13.8. The maximum Gasteiger partial charge on any atom is 0.256 e. The van der Waals surface area contributed by atoms with Gasteiger partial charge in [-0.3, -0.25) is 4.79 Å². The Balaban J connectivity index is 1.53. The highest BCUT2D eigenvalue weighted by Crippen LogP contribution is 2.33. The molecule has 0 bridgehead atoms. The van der Waals surface area contributed by atoms with Crippen molar-refractivity contribution in [3.63, 3.8) is 0 Å². The lowest BCUT2D eigenvalue weighted by Gasteiger charge is -2.13. The van der Waals surface area contributed by atoms with Crippen LogP contribution in [0.25, 0.3) is 26.3 Å². The standard InChI is InChI=1S/C21H14BrN5O2S/c1-29-18-9-8-12(20-26-27-11-23-25-21(27)30-20)10-17(18)24-19(28)15-6-2-5-14-13(15)4-3-7-16(14)22/h2-11H,1H3,(H,24,28). The fourth-order valence-electron chi connectivity index (χ4n) is 3.27. The van der Waals surface area contributed by atoms with Crippen LogP contribution in [0.4, 0.5) is 5.69 Å². The highest BCUT2D eigenvalue weighted by atomic mass is 79.9. The number of methoxy groups -OCH3 is 1. The van der Waals surface area contributed by atoms with E-state index >= 15 is 0 Å². The van der Waals surface area contributed by atoms with Gasteiger partial charge in [0.25, 0.3) is 5.91 Å². The summed E-state index contributed by atoms with van der Waals surface area (Å²) in [6, 6.07) is 17.0. The maximum absolute atomic E-state index is 13.1. The molecule has 3 aromatic carbocycles. The molecular formula is C21H14BrN5O2S. The molecule has 0 unspecified atom stereocenters. The minimum absolute atomic E-state index is 0.215. The first kappa shape index (κ1) is 18.7. The van der Waals surface area contributed by atoms with Crippen molar-refractivity contribution >= 4 is 54.6 Å². The molecule has 5 aromatic rings. The molecule has 9 heteroatoms. The first-order chi connectivity index (χ1) is 14.6. The summed E-state index contributed by atoms with van der Waals surface area (Å²) in [5.41, 5.74) is 2.00. The maximum atomic E-state index is 13.1. The van der Waals surface area contributed by atoms with Gasteiger partial charge in [-0.1, -0.05) is 51.5 Å². The topological polar surface area (TPSA) is 81.4 Å². The summed E-state index contributed by atoms with van der Waals surface area (Å²) in [6.45, 7) is 0. The molecule has 0 radical (unpaired) electrons. The van der Waals surface area contributed by atoms with Crippen LogP contribution in [0.3, 0.4) is 0 Å². The van der Waals surface area contributed by atoms with E-state index < -0.39 is 0 Å². The van der Waals surface area contributed by atoms with Gasteiger partial charge in [0.1, 0.15) is 17.1 Å². The molecule has 1 amide bonds. The number of carbonyl (C=O) groups is 1. The number of anilines is 1. The molecule has 0 saturated heterocycles. The van der Waals surface area contributed by atoms with E-state index in [-0.39, 0.29) is 5.91 Å². The number of hydrogen-bond acceptors (Lipinski definition) is 6. The van der Waals surface area contributed by atoms with Crippen molar-refractivity contribution in [2.45, 2.75) is 0 Å². The molecule has 0 saturated carbocycles. The Bertz CT molecular complexity index is 1380. The Morgan fingerprint density at radius 2 is 1.97 bits per heavy atom. The molecule has 7 nitrogen and oxygen atoms in total. The lowest BCUT2D eigenvalue weighted by molar-refractivity contribution is 0.102. The van der Waals surface area contributed by atoms with Gasteiger partial charge in [0.2, 0.25) is 4.96 Å². The van der Waals surface area contributed by atoms with Crippen LogP contribution in [0.2, 0.25) is 0 Å². The number of ether oxygens (including phenoxy) is 1. The highest BCUT2D eigenvalue weighted by molar-refractivity contribution is 9.10. The monoisotopic (exact) mass is 479 g/mol. The van der Waals surface area contributed by atoms with Crippen LogP contribution in [-0.2, 0) is 0 Å². The van der Waals surface area contributed by atoms with Gasteiger partial charge in [-0.25, -0.2) is 0 Å². The van der Waals surface area contributed by atoms with Gasteiger partial charge >= 0.3 is 0 Å². The van der Waals surface area contributed by atoms with E-state index in [2.05, 4.69) is 36.5 Å². The molecule has 5 rings (SSSR count). The zero-order valence-electron chi connectivity index (χ0n) is 15.7. The quantitative estimate of drug-likeness (QED) is 0.390. The number of benzene rings is 3. The summed E-state index contributed by atoms with van der Waals surface area (Å²) in [5, 5.41) is 17.9. The third kappa shape index (κ3) is 3.21. The van der Waals surface area contributed by atoms with Crippen molar-refractivity contribution in [2.75, 3.05) is 12.4 Å². The van der Waals surface area contributed by atoms with Crippen molar-refractivity contribution < 1.29 is 9.53 Å². The lowest BCUT2D eigenvalue weighted by atomic mass is 10.0. The molecule has 0 spiro atoms. The van der Waals surface area contributed by atoms with Crippen molar-refractivity contribution in [3.05, 3.63) is 71.0 Å². The summed E-state index contributed by atoms with van der Waals surface area (Å²) in [6.07, 6.45) is 1.56. The zero-order chi connectivity index (χ0) is 20.7. The lowest BCUT2D eigenvalue weighted by Crippen LogP contribution is -2.13. The SMILES string of the molecule is COc1ccc(-c2nn3cnnc3s2)cc1NC(=O)c1cccc2c(Br)cccc12. The second-order valence-corrected chi connectivity index (χ2v) is 8.29. The molecular weight excluding hydrogens is 466 g/mol. The molecule has 148 valence electrons. The minimum atomic E-state index is -0.215. The highest BCUT2D eigenvalue weighted by Gasteiger charge is 2.16.